The van der Waals surface area contributed by atoms with E-state index in [4.69, 9.17) is 15.9 Å². The molecule has 1 saturated heterocycles. The number of amidine groups is 1. The number of amides is 1. The fraction of sp³-hybridized carbons (Fsp3) is 0.417. The number of carbonyl (C=O) groups is 1. The molecule has 1 fully saturated rings. The van der Waals surface area contributed by atoms with Gasteiger partial charge in [-0.25, -0.2) is 0 Å². The zero-order valence-electron chi connectivity index (χ0n) is 17.9. The van der Waals surface area contributed by atoms with Crippen molar-refractivity contribution in [3.63, 3.8) is 0 Å². The Morgan fingerprint density at radius 1 is 1.27 bits per heavy atom. The molecule has 0 aliphatic carbocycles. The maximum atomic E-state index is 12.2. The van der Waals surface area contributed by atoms with E-state index in [9.17, 15) is 4.79 Å². The molecule has 30 heavy (non-hydrogen) atoms. The lowest BCUT2D eigenvalue weighted by Gasteiger charge is -2.28. The summed E-state index contributed by atoms with van der Waals surface area (Å²) in [6, 6.07) is 13.5. The van der Waals surface area contributed by atoms with E-state index in [1.165, 1.54) is 0 Å². The summed E-state index contributed by atoms with van der Waals surface area (Å²) in [5.74, 6) is 0.973. The smallest absolute Gasteiger partial charge is 0.226 e. The lowest BCUT2D eigenvalue weighted by Crippen LogP contribution is -2.35. The first-order valence-electron chi connectivity index (χ1n) is 10.7. The molecule has 1 heterocycles. The van der Waals surface area contributed by atoms with Crippen LogP contribution in [0.4, 0.5) is 11.4 Å². The molecular weight excluding hydrogens is 376 g/mol. The molecule has 2 aromatic rings. The summed E-state index contributed by atoms with van der Waals surface area (Å²) in [7, 11) is 0. The summed E-state index contributed by atoms with van der Waals surface area (Å²) in [5.41, 5.74) is 9.37. The van der Waals surface area contributed by atoms with Crippen molar-refractivity contribution in [3.8, 4) is 5.75 Å². The second-order valence-electron chi connectivity index (χ2n) is 7.85. The molecular formula is C24H32N4O2. The van der Waals surface area contributed by atoms with Crippen LogP contribution in [0.5, 0.6) is 5.75 Å². The van der Waals surface area contributed by atoms with Gasteiger partial charge in [0.15, 0.2) is 0 Å². The molecule has 1 amide bonds. The number of nitrogen functional groups attached to an aromatic ring is 1. The van der Waals surface area contributed by atoms with Crippen molar-refractivity contribution in [2.45, 2.75) is 52.1 Å². The number of benzene rings is 2. The summed E-state index contributed by atoms with van der Waals surface area (Å²) in [6.07, 6.45) is 4.61. The number of hydrogen-bond acceptors (Lipinski definition) is 4. The Morgan fingerprint density at radius 2 is 2.10 bits per heavy atom. The first kappa shape index (κ1) is 21.7. The van der Waals surface area contributed by atoms with Crippen molar-refractivity contribution in [2.24, 2.45) is 5.73 Å². The maximum absolute atomic E-state index is 12.2. The minimum absolute atomic E-state index is 0.000799. The van der Waals surface area contributed by atoms with Crippen LogP contribution in [0, 0.1) is 12.3 Å². The molecule has 0 saturated carbocycles. The lowest BCUT2D eigenvalue weighted by molar-refractivity contribution is -0.119. The van der Waals surface area contributed by atoms with Crippen LogP contribution in [0.25, 0.3) is 0 Å². The second kappa shape index (κ2) is 10.1. The van der Waals surface area contributed by atoms with Gasteiger partial charge >= 0.3 is 0 Å². The van der Waals surface area contributed by atoms with Crippen LogP contribution in [0.2, 0.25) is 0 Å². The van der Waals surface area contributed by atoms with Crippen molar-refractivity contribution < 1.29 is 9.53 Å². The van der Waals surface area contributed by atoms with Gasteiger partial charge < -0.3 is 20.7 Å². The average Bonchev–Trinajstić information content (AvgIpc) is 2.73. The van der Waals surface area contributed by atoms with Crippen LogP contribution in [-0.2, 0) is 4.79 Å². The predicted octanol–water partition coefficient (Wildman–Crippen LogP) is 4.46. The normalized spacial score (nSPS) is 15.0. The quantitative estimate of drug-likeness (QED) is 0.422. The zero-order chi connectivity index (χ0) is 21.5. The molecule has 6 heteroatoms. The van der Waals surface area contributed by atoms with Crippen LogP contribution >= 0.6 is 0 Å². The lowest BCUT2D eigenvalue weighted by atomic mass is 10.1. The number of hydrogen-bond donors (Lipinski definition) is 3. The van der Waals surface area contributed by atoms with Crippen molar-refractivity contribution >= 4 is 23.1 Å². The third-order valence-electron chi connectivity index (χ3n) is 5.40. The van der Waals surface area contributed by atoms with Crippen molar-refractivity contribution in [2.75, 3.05) is 23.3 Å². The van der Waals surface area contributed by atoms with Gasteiger partial charge in [0.2, 0.25) is 5.91 Å². The topological polar surface area (TPSA) is 91.4 Å². The second-order valence-corrected chi connectivity index (χ2v) is 7.85. The van der Waals surface area contributed by atoms with E-state index < -0.39 is 0 Å². The number of rotatable bonds is 9. The zero-order valence-corrected chi connectivity index (χ0v) is 17.9. The van der Waals surface area contributed by atoms with E-state index in [0.717, 1.165) is 54.9 Å². The van der Waals surface area contributed by atoms with Crippen LogP contribution in [0.15, 0.2) is 42.5 Å². The van der Waals surface area contributed by atoms with E-state index in [-0.39, 0.29) is 17.8 Å². The number of aryl methyl sites for hydroxylation is 1. The number of nitrogens with two attached hydrogens (primary N) is 1. The van der Waals surface area contributed by atoms with Crippen LogP contribution in [-0.4, -0.2) is 30.9 Å². The van der Waals surface area contributed by atoms with E-state index in [1.807, 2.05) is 29.2 Å². The van der Waals surface area contributed by atoms with E-state index in [2.05, 4.69) is 25.2 Å². The standard InChI is InChI=1S/C24H32N4O2/c1-3-7-21(30-20-9-6-8-18(15-20)24(25)26)16-27-19-11-12-22(17(2)14-19)28-13-5-4-10-23(28)29/h6,8-9,11-12,14-15,21,27H,3-5,7,10,13,16H2,1-2H3,(H3,25,26). The van der Waals surface area contributed by atoms with E-state index in [0.29, 0.717) is 18.5 Å². The number of ether oxygens (including phenoxy) is 1. The van der Waals surface area contributed by atoms with Gasteiger partial charge in [-0.2, -0.15) is 0 Å². The Labute approximate surface area is 178 Å². The van der Waals surface area contributed by atoms with Gasteiger partial charge in [-0.05, 0) is 62.1 Å². The van der Waals surface area contributed by atoms with Crippen LogP contribution < -0.4 is 20.7 Å². The third kappa shape index (κ3) is 5.53. The number of carbonyl (C=O) groups excluding carboxylic acids is 1. The molecule has 160 valence electrons. The Balaban J connectivity index is 1.64. The largest absolute Gasteiger partial charge is 0.489 e. The molecule has 1 unspecified atom stereocenters. The first-order valence-corrected chi connectivity index (χ1v) is 10.7. The fourth-order valence-electron chi connectivity index (χ4n) is 3.81. The van der Waals surface area contributed by atoms with Crippen LogP contribution in [0.1, 0.15) is 50.2 Å². The number of nitrogens with one attached hydrogen (secondary N) is 2. The van der Waals surface area contributed by atoms with Gasteiger partial charge in [-0.1, -0.05) is 25.5 Å². The molecule has 0 bridgehead atoms. The Morgan fingerprint density at radius 3 is 2.80 bits per heavy atom. The van der Waals surface area contributed by atoms with Crippen molar-refractivity contribution in [3.05, 3.63) is 53.6 Å². The summed E-state index contributed by atoms with van der Waals surface area (Å²) in [5, 5.41) is 11.1. The molecule has 0 radical (unpaired) electrons. The van der Waals surface area contributed by atoms with Gasteiger partial charge in [-0.15, -0.1) is 0 Å². The number of anilines is 2. The molecule has 0 aromatic heterocycles. The van der Waals surface area contributed by atoms with Gasteiger partial charge in [-0.3, -0.25) is 10.2 Å². The molecule has 3 rings (SSSR count). The summed E-state index contributed by atoms with van der Waals surface area (Å²) < 4.78 is 6.16. The Hall–Kier alpha value is -3.02. The SMILES string of the molecule is CCCC(CNc1ccc(N2CCCCC2=O)c(C)c1)Oc1cccc(C(=N)N)c1. The van der Waals surface area contributed by atoms with Gasteiger partial charge in [0.05, 0.1) is 6.54 Å². The molecule has 1 aliphatic heterocycles. The van der Waals surface area contributed by atoms with Crippen molar-refractivity contribution in [1.82, 2.24) is 0 Å². The van der Waals surface area contributed by atoms with Crippen LogP contribution in [0.3, 0.4) is 0 Å². The van der Waals surface area contributed by atoms with Crippen molar-refractivity contribution in [1.29, 1.82) is 5.41 Å². The number of nitrogens with zero attached hydrogens (tertiary/aromatic N) is 1. The minimum atomic E-state index is 0.000799. The molecule has 6 nitrogen and oxygen atoms in total. The van der Waals surface area contributed by atoms with E-state index in [1.54, 1.807) is 12.1 Å². The van der Waals surface area contributed by atoms with Gasteiger partial charge in [0, 0.05) is 29.9 Å². The summed E-state index contributed by atoms with van der Waals surface area (Å²) in [6.45, 7) is 5.66. The minimum Gasteiger partial charge on any atom is -0.489 e. The molecule has 1 aliphatic rings. The fourth-order valence-corrected chi connectivity index (χ4v) is 3.81. The third-order valence-corrected chi connectivity index (χ3v) is 5.40. The van der Waals surface area contributed by atoms with Gasteiger partial charge in [0.1, 0.15) is 17.7 Å². The monoisotopic (exact) mass is 408 g/mol. The molecule has 0 spiro atoms. The summed E-state index contributed by atoms with van der Waals surface area (Å²) >= 11 is 0. The number of piperidine rings is 1. The average molecular weight is 409 g/mol. The first-order chi connectivity index (χ1) is 14.5. The van der Waals surface area contributed by atoms with Gasteiger partial charge in [0.25, 0.3) is 0 Å². The molecule has 2 aromatic carbocycles. The molecule has 1 atom stereocenters. The highest BCUT2D eigenvalue weighted by Crippen LogP contribution is 2.27. The highest BCUT2D eigenvalue weighted by molar-refractivity contribution is 5.95. The Bertz CT molecular complexity index is 897. The van der Waals surface area contributed by atoms with E-state index >= 15 is 0 Å². The highest BCUT2D eigenvalue weighted by Gasteiger charge is 2.21. The molecule has 4 N–H and O–H groups in total. The Kier molecular flexibility index (Phi) is 7.33. The summed E-state index contributed by atoms with van der Waals surface area (Å²) in [4.78, 5) is 14.1. The maximum Gasteiger partial charge on any atom is 0.226 e. The highest BCUT2D eigenvalue weighted by atomic mass is 16.5. The predicted molar refractivity (Wildman–Crippen MR) is 123 cm³/mol.